The molecule has 9 heteroatoms. The van der Waals surface area contributed by atoms with Crippen LogP contribution in [0.1, 0.15) is 0 Å². The maximum Gasteiger partial charge on any atom is 0.278 e. The number of nitrogens with zero attached hydrogens (tertiary/aromatic N) is 3. The third kappa shape index (κ3) is 3.01. The lowest BCUT2D eigenvalue weighted by Crippen LogP contribution is -2.21. The van der Waals surface area contributed by atoms with Crippen molar-refractivity contribution in [3.63, 3.8) is 0 Å². The van der Waals surface area contributed by atoms with E-state index in [1.165, 1.54) is 51.2 Å². The second-order valence-corrected chi connectivity index (χ2v) is 7.94. The molecule has 2 aromatic carbocycles. The molecule has 136 valence electrons. The standard InChI is InChI=1S/C18H11F2N3OS3/c1-26-17-21-15-14(16(24)22(17)11-8-6-10(19)7-9-11)27-18(25)23(15)13-5-3-2-4-12(13)20/h2-9H,1H3. The average molecular weight is 420 g/mol. The lowest BCUT2D eigenvalue weighted by atomic mass is 10.3. The minimum Gasteiger partial charge on any atom is -0.272 e. The Bertz CT molecular complexity index is 1280. The van der Waals surface area contributed by atoms with Crippen LogP contribution in [0.15, 0.2) is 58.5 Å². The molecule has 2 heterocycles. The largest absolute Gasteiger partial charge is 0.278 e. The topological polar surface area (TPSA) is 39.8 Å². The van der Waals surface area contributed by atoms with Gasteiger partial charge in [0.1, 0.15) is 16.3 Å². The van der Waals surface area contributed by atoms with Gasteiger partial charge in [-0.3, -0.25) is 13.9 Å². The van der Waals surface area contributed by atoms with E-state index in [0.717, 1.165) is 11.3 Å². The number of aromatic nitrogens is 3. The summed E-state index contributed by atoms with van der Waals surface area (Å²) in [5, 5.41) is 0.400. The fraction of sp³-hybridized carbons (Fsp3) is 0.0556. The molecule has 0 aliphatic heterocycles. The van der Waals surface area contributed by atoms with E-state index in [0.29, 0.717) is 25.1 Å². The van der Waals surface area contributed by atoms with Crippen LogP contribution >= 0.6 is 35.3 Å². The van der Waals surface area contributed by atoms with E-state index in [1.54, 1.807) is 24.5 Å². The summed E-state index contributed by atoms with van der Waals surface area (Å²) in [6.07, 6.45) is 1.78. The molecule has 0 amide bonds. The molecule has 0 N–H and O–H groups in total. The van der Waals surface area contributed by atoms with Crippen LogP contribution in [0, 0.1) is 15.6 Å². The Morgan fingerprint density at radius 2 is 1.78 bits per heavy atom. The normalized spacial score (nSPS) is 11.2. The Morgan fingerprint density at radius 1 is 1.07 bits per heavy atom. The lowest BCUT2D eigenvalue weighted by molar-refractivity contribution is 0.619. The van der Waals surface area contributed by atoms with Gasteiger partial charge in [-0.05, 0) is 54.9 Å². The van der Waals surface area contributed by atoms with Gasteiger partial charge in [0.2, 0.25) is 0 Å². The van der Waals surface area contributed by atoms with Crippen LogP contribution in [0.25, 0.3) is 21.7 Å². The van der Waals surface area contributed by atoms with Crippen molar-refractivity contribution < 1.29 is 8.78 Å². The van der Waals surface area contributed by atoms with Crippen molar-refractivity contribution in [2.24, 2.45) is 0 Å². The maximum atomic E-state index is 14.3. The Labute approximate surface area is 165 Å². The summed E-state index contributed by atoms with van der Waals surface area (Å²) in [5.74, 6) is -0.851. The van der Waals surface area contributed by atoms with Gasteiger partial charge >= 0.3 is 0 Å². The molecule has 0 spiro atoms. The minimum absolute atomic E-state index is 0.243. The number of thioether (sulfide) groups is 1. The molecule has 4 rings (SSSR count). The van der Waals surface area contributed by atoms with Gasteiger partial charge in [0.15, 0.2) is 14.8 Å². The molecule has 0 saturated carbocycles. The van der Waals surface area contributed by atoms with Crippen molar-refractivity contribution in [1.29, 1.82) is 0 Å². The number of para-hydroxylation sites is 1. The third-order valence-electron chi connectivity index (χ3n) is 3.94. The first kappa shape index (κ1) is 18.0. The summed E-state index contributed by atoms with van der Waals surface area (Å²) < 4.78 is 31.1. The fourth-order valence-corrected chi connectivity index (χ4v) is 4.58. The van der Waals surface area contributed by atoms with E-state index in [9.17, 15) is 13.6 Å². The minimum atomic E-state index is -0.455. The van der Waals surface area contributed by atoms with Gasteiger partial charge in [0, 0.05) is 0 Å². The van der Waals surface area contributed by atoms with Crippen molar-refractivity contribution in [3.05, 3.63) is 74.5 Å². The van der Waals surface area contributed by atoms with Crippen molar-refractivity contribution >= 4 is 45.7 Å². The zero-order valence-electron chi connectivity index (χ0n) is 13.8. The summed E-state index contributed by atoms with van der Waals surface area (Å²) in [4.78, 5) is 17.7. The molecule has 27 heavy (non-hydrogen) atoms. The average Bonchev–Trinajstić information content (AvgIpc) is 2.99. The van der Waals surface area contributed by atoms with E-state index in [2.05, 4.69) is 4.98 Å². The SMILES string of the molecule is CSc1nc2c(sc(=S)n2-c2ccccc2F)c(=O)n1-c1ccc(F)cc1. The molecule has 0 radical (unpaired) electrons. The predicted octanol–water partition coefficient (Wildman–Crippen LogP) is 4.97. The number of halogens is 2. The number of hydrogen-bond donors (Lipinski definition) is 0. The Balaban J connectivity index is 2.08. The van der Waals surface area contributed by atoms with Crippen LogP contribution < -0.4 is 5.56 Å². The highest BCUT2D eigenvalue weighted by Crippen LogP contribution is 2.27. The van der Waals surface area contributed by atoms with Crippen molar-refractivity contribution in [2.75, 3.05) is 6.26 Å². The van der Waals surface area contributed by atoms with Crippen LogP contribution in [-0.2, 0) is 0 Å². The van der Waals surface area contributed by atoms with E-state index < -0.39 is 11.6 Å². The molecular formula is C18H11F2N3OS3. The summed E-state index contributed by atoms with van der Waals surface area (Å²) in [6.45, 7) is 0. The maximum absolute atomic E-state index is 14.3. The van der Waals surface area contributed by atoms with Gasteiger partial charge in [-0.2, -0.15) is 0 Å². The number of hydrogen-bond acceptors (Lipinski definition) is 5. The van der Waals surface area contributed by atoms with Gasteiger partial charge in [-0.25, -0.2) is 13.8 Å². The highest BCUT2D eigenvalue weighted by molar-refractivity contribution is 7.98. The third-order valence-corrected chi connectivity index (χ3v) is 5.93. The first-order valence-corrected chi connectivity index (χ1v) is 10.2. The fourth-order valence-electron chi connectivity index (χ4n) is 2.74. The number of rotatable bonds is 3. The number of thiazole rings is 1. The molecule has 0 aliphatic carbocycles. The molecule has 2 aromatic heterocycles. The summed E-state index contributed by atoms with van der Waals surface area (Å²) in [6, 6.07) is 11.8. The Morgan fingerprint density at radius 3 is 2.44 bits per heavy atom. The van der Waals surface area contributed by atoms with Gasteiger partial charge in [0.05, 0.1) is 11.4 Å². The van der Waals surface area contributed by atoms with Gasteiger partial charge in [-0.1, -0.05) is 35.2 Å². The quantitative estimate of drug-likeness (QED) is 0.267. The second kappa shape index (κ2) is 6.99. The highest BCUT2D eigenvalue weighted by atomic mass is 32.2. The van der Waals surface area contributed by atoms with E-state index >= 15 is 0 Å². The molecule has 4 aromatic rings. The second-order valence-electron chi connectivity index (χ2n) is 5.52. The Hall–Kier alpha value is -2.36. The lowest BCUT2D eigenvalue weighted by Gasteiger charge is -2.11. The smallest absolute Gasteiger partial charge is 0.272 e. The van der Waals surface area contributed by atoms with Crippen molar-refractivity contribution in [1.82, 2.24) is 14.1 Å². The summed E-state index contributed by atoms with van der Waals surface area (Å²) >= 11 is 7.72. The first-order valence-electron chi connectivity index (χ1n) is 7.74. The van der Waals surface area contributed by atoms with E-state index in [1.807, 2.05) is 0 Å². The number of fused-ring (bicyclic) bond motifs is 1. The van der Waals surface area contributed by atoms with Crippen LogP contribution in [-0.4, -0.2) is 20.4 Å². The number of benzene rings is 2. The predicted molar refractivity (Wildman–Crippen MR) is 107 cm³/mol. The van der Waals surface area contributed by atoms with Gasteiger partial charge in [-0.15, -0.1) is 0 Å². The molecule has 0 unspecified atom stereocenters. The zero-order chi connectivity index (χ0) is 19.1. The Kier molecular flexibility index (Phi) is 4.67. The molecule has 0 atom stereocenters. The molecule has 0 aliphatic rings. The summed E-state index contributed by atoms with van der Waals surface area (Å²) in [7, 11) is 0. The first-order chi connectivity index (χ1) is 13.0. The van der Waals surface area contributed by atoms with Crippen LogP contribution in [0.3, 0.4) is 0 Å². The van der Waals surface area contributed by atoms with Gasteiger partial charge in [0.25, 0.3) is 5.56 Å². The molecule has 0 fully saturated rings. The summed E-state index contributed by atoms with van der Waals surface area (Å²) in [5.41, 5.74) is 0.717. The van der Waals surface area contributed by atoms with E-state index in [-0.39, 0.29) is 11.2 Å². The van der Waals surface area contributed by atoms with Crippen molar-refractivity contribution in [2.45, 2.75) is 5.16 Å². The van der Waals surface area contributed by atoms with Gasteiger partial charge < -0.3 is 0 Å². The monoisotopic (exact) mass is 419 g/mol. The highest BCUT2D eigenvalue weighted by Gasteiger charge is 2.19. The zero-order valence-corrected chi connectivity index (χ0v) is 16.3. The molecule has 4 nitrogen and oxygen atoms in total. The van der Waals surface area contributed by atoms with Crippen LogP contribution in [0.4, 0.5) is 8.78 Å². The van der Waals surface area contributed by atoms with Crippen LogP contribution in [0.2, 0.25) is 0 Å². The van der Waals surface area contributed by atoms with Crippen molar-refractivity contribution in [3.8, 4) is 11.4 Å². The molecule has 0 saturated heterocycles. The molecular weight excluding hydrogens is 408 g/mol. The van der Waals surface area contributed by atoms with E-state index in [4.69, 9.17) is 12.2 Å². The van der Waals surface area contributed by atoms with Crippen LogP contribution in [0.5, 0.6) is 0 Å². The molecule has 0 bridgehead atoms.